The Bertz CT molecular complexity index is 1020. The van der Waals surface area contributed by atoms with Gasteiger partial charge in [0.1, 0.15) is 17.2 Å². The topological polar surface area (TPSA) is 87.9 Å². The van der Waals surface area contributed by atoms with Crippen LogP contribution in [0.1, 0.15) is 19.8 Å². The number of nitrogens with zero attached hydrogens (tertiary/aromatic N) is 2. The second-order valence-electron chi connectivity index (χ2n) is 7.34. The molecule has 152 valence electrons. The van der Waals surface area contributed by atoms with Crippen molar-refractivity contribution >= 4 is 45.6 Å². The zero-order valence-corrected chi connectivity index (χ0v) is 16.9. The maximum absolute atomic E-state index is 13.5. The van der Waals surface area contributed by atoms with Gasteiger partial charge >= 0.3 is 0 Å². The zero-order valence-electron chi connectivity index (χ0n) is 16.2. The Balaban J connectivity index is 1.74. The minimum atomic E-state index is -0.467. The lowest BCUT2D eigenvalue weighted by atomic mass is 10.1. The maximum atomic E-state index is 13.5. The van der Waals surface area contributed by atoms with Crippen LogP contribution in [0, 0.1) is 11.7 Å². The maximum Gasteiger partial charge on any atom is 0.229 e. The second kappa shape index (κ2) is 8.39. The van der Waals surface area contributed by atoms with E-state index in [1.165, 1.54) is 25.0 Å². The summed E-state index contributed by atoms with van der Waals surface area (Å²) in [6, 6.07) is 10.7. The number of benzene rings is 2. The van der Waals surface area contributed by atoms with Gasteiger partial charge in [0.2, 0.25) is 5.95 Å². The predicted octanol–water partition coefficient (Wildman–Crippen LogP) is 4.75. The Labute approximate surface area is 174 Å². The molecule has 4 rings (SSSR count). The molecule has 1 heterocycles. The van der Waals surface area contributed by atoms with Crippen LogP contribution in [-0.4, -0.2) is 29.1 Å². The molecule has 3 aromatic rings. The van der Waals surface area contributed by atoms with E-state index >= 15 is 0 Å². The summed E-state index contributed by atoms with van der Waals surface area (Å²) < 4.78 is 13.5. The highest BCUT2D eigenvalue weighted by Crippen LogP contribution is 2.36. The summed E-state index contributed by atoms with van der Waals surface area (Å²) in [7, 11) is 0. The second-order valence-corrected chi connectivity index (χ2v) is 7.74. The van der Waals surface area contributed by atoms with E-state index in [4.69, 9.17) is 27.3 Å². The van der Waals surface area contributed by atoms with Gasteiger partial charge in [0.25, 0.3) is 0 Å². The van der Waals surface area contributed by atoms with Crippen molar-refractivity contribution in [2.24, 2.45) is 11.7 Å². The monoisotopic (exact) mass is 414 g/mol. The van der Waals surface area contributed by atoms with Gasteiger partial charge in [0.15, 0.2) is 0 Å². The number of para-hydroxylation sites is 1. The van der Waals surface area contributed by atoms with Crippen LogP contribution < -0.4 is 21.7 Å². The molecule has 29 heavy (non-hydrogen) atoms. The Morgan fingerprint density at radius 3 is 2.79 bits per heavy atom. The molecule has 8 heteroatoms. The Hall–Kier alpha value is -2.64. The molecule has 0 radical (unpaired) electrons. The van der Waals surface area contributed by atoms with E-state index in [-0.39, 0.29) is 5.02 Å². The molecule has 1 aliphatic carbocycles. The Morgan fingerprint density at radius 2 is 2.07 bits per heavy atom. The van der Waals surface area contributed by atoms with Gasteiger partial charge in [0, 0.05) is 30.2 Å². The fraction of sp³-hybridized carbons (Fsp3) is 0.333. The van der Waals surface area contributed by atoms with E-state index in [0.29, 0.717) is 36.7 Å². The molecule has 0 saturated heterocycles. The van der Waals surface area contributed by atoms with Crippen molar-refractivity contribution in [2.45, 2.75) is 25.8 Å². The summed E-state index contributed by atoms with van der Waals surface area (Å²) in [4.78, 5) is 9.40. The van der Waals surface area contributed by atoms with Gasteiger partial charge in [0.05, 0.1) is 10.7 Å². The number of halogens is 2. The van der Waals surface area contributed by atoms with Crippen LogP contribution in [-0.2, 0) is 0 Å². The van der Waals surface area contributed by atoms with Crippen LogP contribution in [0.4, 0.5) is 27.5 Å². The van der Waals surface area contributed by atoms with E-state index < -0.39 is 5.82 Å². The highest BCUT2D eigenvalue weighted by molar-refractivity contribution is 6.31. The Kier molecular flexibility index (Phi) is 5.69. The molecule has 0 aliphatic heterocycles. The standard InChI is InChI=1S/C21H24ClFN6/c1-12(13-5-6-13)26-20-15-3-2-4-18(25-10-9-24)19(15)28-21(29-20)27-14-7-8-17(23)16(22)11-14/h2-4,7-8,11-13,25H,5-6,9-10,24H2,1H3,(H2,26,27,28,29)/t12-/m1/s1. The van der Waals surface area contributed by atoms with E-state index in [9.17, 15) is 4.39 Å². The van der Waals surface area contributed by atoms with Crippen molar-refractivity contribution in [1.82, 2.24) is 9.97 Å². The van der Waals surface area contributed by atoms with Crippen LogP contribution in [0.15, 0.2) is 36.4 Å². The fourth-order valence-corrected chi connectivity index (χ4v) is 3.48. The fourth-order valence-electron chi connectivity index (χ4n) is 3.30. The summed E-state index contributed by atoms with van der Waals surface area (Å²) >= 11 is 5.91. The summed E-state index contributed by atoms with van der Waals surface area (Å²) in [5, 5.41) is 11.0. The molecular formula is C21H24ClFN6. The van der Waals surface area contributed by atoms with Crippen LogP contribution in [0.3, 0.4) is 0 Å². The van der Waals surface area contributed by atoms with Gasteiger partial charge in [-0.15, -0.1) is 0 Å². The molecule has 1 fully saturated rings. The molecule has 1 saturated carbocycles. The van der Waals surface area contributed by atoms with Crippen molar-refractivity contribution in [3.05, 3.63) is 47.2 Å². The Morgan fingerprint density at radius 1 is 1.24 bits per heavy atom. The summed E-state index contributed by atoms with van der Waals surface area (Å²) in [5.41, 5.74) is 7.94. The number of nitrogens with two attached hydrogens (primary N) is 1. The number of aromatic nitrogens is 2. The number of nitrogens with one attached hydrogen (secondary N) is 3. The van der Waals surface area contributed by atoms with Crippen LogP contribution in [0.2, 0.25) is 5.02 Å². The van der Waals surface area contributed by atoms with Crippen LogP contribution in [0.5, 0.6) is 0 Å². The van der Waals surface area contributed by atoms with Crippen molar-refractivity contribution < 1.29 is 4.39 Å². The summed E-state index contributed by atoms with van der Waals surface area (Å²) in [6.07, 6.45) is 2.47. The third-order valence-corrected chi connectivity index (χ3v) is 5.35. The smallest absolute Gasteiger partial charge is 0.229 e. The molecule has 0 spiro atoms. The van der Waals surface area contributed by atoms with Crippen molar-refractivity contribution in [1.29, 1.82) is 0 Å². The lowest BCUT2D eigenvalue weighted by molar-refractivity contribution is 0.628. The highest BCUT2D eigenvalue weighted by Gasteiger charge is 2.28. The largest absolute Gasteiger partial charge is 0.382 e. The van der Waals surface area contributed by atoms with Gasteiger partial charge in [-0.2, -0.15) is 4.98 Å². The van der Waals surface area contributed by atoms with Crippen LogP contribution in [0.25, 0.3) is 10.9 Å². The average molecular weight is 415 g/mol. The molecule has 5 N–H and O–H groups in total. The number of hydrogen-bond donors (Lipinski definition) is 4. The third-order valence-electron chi connectivity index (χ3n) is 5.06. The zero-order chi connectivity index (χ0) is 20.4. The minimum absolute atomic E-state index is 0.0433. The van der Waals surface area contributed by atoms with E-state index in [0.717, 1.165) is 22.4 Å². The number of fused-ring (bicyclic) bond motifs is 1. The normalized spacial score (nSPS) is 14.6. The van der Waals surface area contributed by atoms with E-state index in [1.807, 2.05) is 18.2 Å². The van der Waals surface area contributed by atoms with Gasteiger partial charge in [-0.1, -0.05) is 17.7 Å². The SMILES string of the molecule is C[C@@H](Nc1nc(Nc2ccc(F)c(Cl)c2)nc2c(NCCN)cccc12)C1CC1. The lowest BCUT2D eigenvalue weighted by Crippen LogP contribution is -2.19. The highest BCUT2D eigenvalue weighted by atomic mass is 35.5. The third kappa shape index (κ3) is 4.52. The van der Waals surface area contributed by atoms with Crippen molar-refractivity contribution in [3.8, 4) is 0 Å². The van der Waals surface area contributed by atoms with Gasteiger partial charge < -0.3 is 21.7 Å². The number of rotatable bonds is 8. The molecule has 1 atom stereocenters. The van der Waals surface area contributed by atoms with Crippen LogP contribution >= 0.6 is 11.6 Å². The predicted molar refractivity (Wildman–Crippen MR) is 118 cm³/mol. The molecular weight excluding hydrogens is 391 g/mol. The quantitative estimate of drug-likeness (QED) is 0.425. The molecule has 2 aromatic carbocycles. The number of anilines is 4. The molecule has 1 aliphatic rings. The van der Waals surface area contributed by atoms with Gasteiger partial charge in [-0.05, 0) is 56.0 Å². The summed E-state index contributed by atoms with van der Waals surface area (Å²) in [5.74, 6) is 1.38. The van der Waals surface area contributed by atoms with Crippen molar-refractivity contribution in [3.63, 3.8) is 0 Å². The minimum Gasteiger partial charge on any atom is -0.382 e. The average Bonchev–Trinajstić information content (AvgIpc) is 3.55. The molecule has 0 bridgehead atoms. The first-order chi connectivity index (χ1) is 14.0. The van der Waals surface area contributed by atoms with E-state index in [1.54, 1.807) is 6.07 Å². The first-order valence-electron chi connectivity index (χ1n) is 9.78. The molecule has 0 amide bonds. The first-order valence-corrected chi connectivity index (χ1v) is 10.2. The van der Waals surface area contributed by atoms with Gasteiger partial charge in [-0.25, -0.2) is 9.37 Å². The van der Waals surface area contributed by atoms with E-state index in [2.05, 4.69) is 22.9 Å². The first kappa shape index (κ1) is 19.7. The molecule has 6 nitrogen and oxygen atoms in total. The lowest BCUT2D eigenvalue weighted by Gasteiger charge is -2.18. The molecule has 0 unspecified atom stereocenters. The number of hydrogen-bond acceptors (Lipinski definition) is 6. The summed E-state index contributed by atoms with van der Waals surface area (Å²) in [6.45, 7) is 3.33. The molecule has 1 aromatic heterocycles. The van der Waals surface area contributed by atoms with Gasteiger partial charge in [-0.3, -0.25) is 0 Å². The van der Waals surface area contributed by atoms with Crippen molar-refractivity contribution in [2.75, 3.05) is 29.0 Å².